The Bertz CT molecular complexity index is 967. The van der Waals surface area contributed by atoms with Crippen LogP contribution in [0.4, 0.5) is 27.7 Å². The summed E-state index contributed by atoms with van der Waals surface area (Å²) in [6.45, 7) is 6.60. The molecule has 2 aromatic heterocycles. The molecular weight excluding hydrogens is 423 g/mol. The maximum atomic E-state index is 14.0. The predicted molar refractivity (Wildman–Crippen MR) is 128 cm³/mol. The highest BCUT2D eigenvalue weighted by molar-refractivity contribution is 6.01. The highest BCUT2D eigenvalue weighted by Gasteiger charge is 2.29. The number of aromatic nitrogens is 3. The zero-order valence-electron chi connectivity index (χ0n) is 19.3. The molecule has 0 amide bonds. The molecule has 4 rings (SSSR count). The van der Waals surface area contributed by atoms with E-state index in [0.29, 0.717) is 36.4 Å². The lowest BCUT2D eigenvalue weighted by atomic mass is 10.1. The summed E-state index contributed by atoms with van der Waals surface area (Å²) >= 11 is 0. The number of piperidine rings is 1. The standard InChI is InChI=1S/C23H33FN8O/c1-3-15(2)28-18-12-21(27-13-16(18)22(25)31-9-4-5-10-31)29-20-6-8-26-23(30-20)32-11-7-19(33)17(24)14-32/h6,8,12-13,15,17,19,25,33H,3-5,7,9-11,14H2,1-2H3,(H2,26,27,28,29,30). The number of pyridine rings is 1. The number of likely N-dealkylation sites (tertiary alicyclic amines) is 1. The van der Waals surface area contributed by atoms with E-state index in [4.69, 9.17) is 5.41 Å². The van der Waals surface area contributed by atoms with Crippen LogP contribution in [0.3, 0.4) is 0 Å². The van der Waals surface area contributed by atoms with Crippen molar-refractivity contribution in [2.24, 2.45) is 0 Å². The zero-order valence-corrected chi connectivity index (χ0v) is 19.3. The number of aliphatic hydroxyl groups excluding tert-OH is 1. The third-order valence-electron chi connectivity index (χ3n) is 6.28. The Morgan fingerprint density at radius 3 is 2.79 bits per heavy atom. The molecule has 4 heterocycles. The summed E-state index contributed by atoms with van der Waals surface area (Å²) in [5.74, 6) is 2.06. The molecule has 3 unspecified atom stereocenters. The Kier molecular flexibility index (Phi) is 7.22. The van der Waals surface area contributed by atoms with Gasteiger partial charge in [0, 0.05) is 44.1 Å². The SMILES string of the molecule is CCC(C)Nc1cc(Nc2ccnc(N3CCC(O)C(F)C3)n2)ncc1C(=N)N1CCCC1. The minimum atomic E-state index is -1.31. The molecule has 0 spiro atoms. The number of amidine groups is 1. The molecule has 10 heteroatoms. The van der Waals surface area contributed by atoms with Crippen molar-refractivity contribution in [3.05, 3.63) is 30.1 Å². The molecule has 0 aromatic carbocycles. The van der Waals surface area contributed by atoms with E-state index in [1.165, 1.54) is 0 Å². The van der Waals surface area contributed by atoms with E-state index in [1.807, 2.05) is 6.07 Å². The number of halogens is 1. The number of aliphatic hydroxyl groups is 1. The van der Waals surface area contributed by atoms with Gasteiger partial charge in [0.2, 0.25) is 5.95 Å². The summed E-state index contributed by atoms with van der Waals surface area (Å²) < 4.78 is 14.0. The van der Waals surface area contributed by atoms with Crippen molar-refractivity contribution in [3.8, 4) is 0 Å². The average Bonchev–Trinajstić information content (AvgIpc) is 3.36. The van der Waals surface area contributed by atoms with Crippen LogP contribution in [-0.4, -0.2) is 75.3 Å². The Labute approximate surface area is 194 Å². The van der Waals surface area contributed by atoms with E-state index in [-0.39, 0.29) is 12.6 Å². The first-order valence-electron chi connectivity index (χ1n) is 11.7. The van der Waals surface area contributed by atoms with Gasteiger partial charge >= 0.3 is 0 Å². The number of rotatable bonds is 7. The van der Waals surface area contributed by atoms with Crippen LogP contribution in [0.15, 0.2) is 24.5 Å². The first-order valence-corrected chi connectivity index (χ1v) is 11.7. The largest absolute Gasteiger partial charge is 0.390 e. The van der Waals surface area contributed by atoms with Crippen molar-refractivity contribution in [3.63, 3.8) is 0 Å². The van der Waals surface area contributed by atoms with Gasteiger partial charge in [-0.2, -0.15) is 4.98 Å². The number of nitrogens with one attached hydrogen (secondary N) is 3. The van der Waals surface area contributed by atoms with E-state index in [0.717, 1.165) is 43.6 Å². The lowest BCUT2D eigenvalue weighted by molar-refractivity contribution is 0.0612. The first kappa shape index (κ1) is 23.2. The lowest BCUT2D eigenvalue weighted by Crippen LogP contribution is -2.45. The highest BCUT2D eigenvalue weighted by Crippen LogP contribution is 2.26. The molecule has 2 aliphatic heterocycles. The third kappa shape index (κ3) is 5.50. The Morgan fingerprint density at radius 1 is 1.27 bits per heavy atom. The summed E-state index contributed by atoms with van der Waals surface area (Å²) in [4.78, 5) is 17.2. The minimum Gasteiger partial charge on any atom is -0.390 e. The molecule has 2 saturated heterocycles. The molecule has 3 atom stereocenters. The van der Waals surface area contributed by atoms with Gasteiger partial charge in [-0.15, -0.1) is 0 Å². The summed E-state index contributed by atoms with van der Waals surface area (Å²) in [6.07, 6.45) is 4.64. The lowest BCUT2D eigenvalue weighted by Gasteiger charge is -2.32. The third-order valence-corrected chi connectivity index (χ3v) is 6.28. The van der Waals surface area contributed by atoms with Gasteiger partial charge in [0.15, 0.2) is 0 Å². The van der Waals surface area contributed by atoms with Gasteiger partial charge in [-0.25, -0.2) is 14.4 Å². The molecule has 4 N–H and O–H groups in total. The van der Waals surface area contributed by atoms with Crippen LogP contribution < -0.4 is 15.5 Å². The molecular formula is C23H33FN8O. The molecule has 0 aliphatic carbocycles. The first-order chi connectivity index (χ1) is 15.9. The van der Waals surface area contributed by atoms with Crippen LogP contribution in [0.2, 0.25) is 0 Å². The van der Waals surface area contributed by atoms with Crippen LogP contribution in [0.5, 0.6) is 0 Å². The van der Waals surface area contributed by atoms with E-state index in [1.54, 1.807) is 23.4 Å². The Morgan fingerprint density at radius 2 is 2.06 bits per heavy atom. The molecule has 178 valence electrons. The van der Waals surface area contributed by atoms with E-state index >= 15 is 0 Å². The molecule has 0 saturated carbocycles. The van der Waals surface area contributed by atoms with Crippen LogP contribution in [-0.2, 0) is 0 Å². The number of nitrogens with zero attached hydrogens (tertiary/aromatic N) is 5. The van der Waals surface area contributed by atoms with Crippen molar-refractivity contribution >= 4 is 29.1 Å². The molecule has 2 aliphatic rings. The maximum Gasteiger partial charge on any atom is 0.227 e. The van der Waals surface area contributed by atoms with E-state index < -0.39 is 12.3 Å². The monoisotopic (exact) mass is 456 g/mol. The van der Waals surface area contributed by atoms with Crippen molar-refractivity contribution in [1.29, 1.82) is 5.41 Å². The van der Waals surface area contributed by atoms with Gasteiger partial charge in [-0.3, -0.25) is 5.41 Å². The van der Waals surface area contributed by atoms with E-state index in [9.17, 15) is 9.50 Å². The zero-order chi connectivity index (χ0) is 23.4. The topological polar surface area (TPSA) is 113 Å². The Hall–Kier alpha value is -3.01. The van der Waals surface area contributed by atoms with Crippen LogP contribution in [0, 0.1) is 5.41 Å². The van der Waals surface area contributed by atoms with Crippen molar-refractivity contribution in [2.75, 3.05) is 41.7 Å². The predicted octanol–water partition coefficient (Wildman–Crippen LogP) is 3.16. The van der Waals surface area contributed by atoms with Crippen LogP contribution in [0.25, 0.3) is 0 Å². The highest BCUT2D eigenvalue weighted by atomic mass is 19.1. The fraction of sp³-hybridized carbons (Fsp3) is 0.565. The fourth-order valence-corrected chi connectivity index (χ4v) is 4.09. The molecule has 9 nitrogen and oxygen atoms in total. The Balaban J connectivity index is 1.54. The smallest absolute Gasteiger partial charge is 0.227 e. The van der Waals surface area contributed by atoms with Crippen molar-refractivity contribution < 1.29 is 9.50 Å². The van der Waals surface area contributed by atoms with Crippen molar-refractivity contribution in [1.82, 2.24) is 19.9 Å². The van der Waals surface area contributed by atoms with E-state index in [2.05, 4.69) is 44.3 Å². The second-order valence-electron chi connectivity index (χ2n) is 8.80. The summed E-state index contributed by atoms with van der Waals surface area (Å²) in [6, 6.07) is 3.89. The van der Waals surface area contributed by atoms with Crippen molar-refractivity contribution in [2.45, 2.75) is 57.8 Å². The number of alkyl halides is 1. The maximum absolute atomic E-state index is 14.0. The number of anilines is 4. The number of hydrogen-bond donors (Lipinski definition) is 4. The summed E-state index contributed by atoms with van der Waals surface area (Å²) in [5.41, 5.74) is 1.64. The van der Waals surface area contributed by atoms with Gasteiger partial charge in [-0.05, 0) is 38.7 Å². The van der Waals surface area contributed by atoms with Crippen LogP contribution in [0.1, 0.15) is 45.1 Å². The average molecular weight is 457 g/mol. The van der Waals surface area contributed by atoms with Gasteiger partial charge in [-0.1, -0.05) is 6.92 Å². The second-order valence-corrected chi connectivity index (χ2v) is 8.80. The molecule has 33 heavy (non-hydrogen) atoms. The number of hydrogen-bond acceptors (Lipinski definition) is 8. The fourth-order valence-electron chi connectivity index (χ4n) is 4.09. The second kappa shape index (κ2) is 10.3. The van der Waals surface area contributed by atoms with Gasteiger partial charge in [0.05, 0.1) is 23.9 Å². The molecule has 0 bridgehead atoms. The quantitative estimate of drug-likeness (QED) is 0.371. The van der Waals surface area contributed by atoms with Gasteiger partial charge in [0.1, 0.15) is 23.6 Å². The molecule has 2 aromatic rings. The molecule has 2 fully saturated rings. The van der Waals surface area contributed by atoms with Crippen LogP contribution >= 0.6 is 0 Å². The minimum absolute atomic E-state index is 0.0686. The normalized spacial score (nSPS) is 21.7. The summed E-state index contributed by atoms with van der Waals surface area (Å²) in [5, 5.41) is 25.0. The van der Waals surface area contributed by atoms with Gasteiger partial charge in [0.25, 0.3) is 0 Å². The molecule has 0 radical (unpaired) electrons. The van der Waals surface area contributed by atoms with Gasteiger partial charge < -0.3 is 25.5 Å². The summed E-state index contributed by atoms with van der Waals surface area (Å²) in [7, 11) is 0.